The van der Waals surface area contributed by atoms with E-state index < -0.39 is 0 Å². The topological polar surface area (TPSA) is 18.5 Å². The third kappa shape index (κ3) is 4.93. The first-order valence-electron chi connectivity index (χ1n) is 7.47. The van der Waals surface area contributed by atoms with Crippen LogP contribution in [0, 0.1) is 0 Å². The fraction of sp³-hybridized carbons (Fsp3) is 0.625. The average Bonchev–Trinajstić information content (AvgIpc) is 2.41. The number of halogens is 2. The molecule has 1 aromatic rings. The molecular formula is C16H25BrClN3. The molecule has 1 N–H and O–H groups in total. The van der Waals surface area contributed by atoms with E-state index in [0.717, 1.165) is 48.8 Å². The second-order valence-electron chi connectivity index (χ2n) is 6.44. The number of likely N-dealkylation sites (N-methyl/N-ethyl adjacent to an activating group) is 1. The van der Waals surface area contributed by atoms with Crippen molar-refractivity contribution in [2.45, 2.75) is 25.9 Å². The SMILES string of the molecule is CN1CCN(C(C)(C)CNCc2ccc(Cl)cc2Br)CC1. The van der Waals surface area contributed by atoms with E-state index in [0.29, 0.717) is 0 Å². The number of benzene rings is 1. The van der Waals surface area contributed by atoms with Crippen LogP contribution in [-0.4, -0.2) is 55.1 Å². The zero-order valence-electron chi connectivity index (χ0n) is 13.1. The van der Waals surface area contributed by atoms with Crippen LogP contribution in [0.25, 0.3) is 0 Å². The van der Waals surface area contributed by atoms with Gasteiger partial charge in [-0.2, -0.15) is 0 Å². The van der Waals surface area contributed by atoms with Gasteiger partial charge in [0.1, 0.15) is 0 Å². The zero-order chi connectivity index (χ0) is 15.5. The van der Waals surface area contributed by atoms with Crippen molar-refractivity contribution in [1.82, 2.24) is 15.1 Å². The quantitative estimate of drug-likeness (QED) is 0.854. The molecule has 1 heterocycles. The van der Waals surface area contributed by atoms with E-state index in [1.807, 2.05) is 12.1 Å². The molecule has 5 heteroatoms. The summed E-state index contributed by atoms with van der Waals surface area (Å²) in [5.41, 5.74) is 1.42. The van der Waals surface area contributed by atoms with Gasteiger partial charge in [-0.05, 0) is 38.6 Å². The van der Waals surface area contributed by atoms with E-state index in [2.05, 4.69) is 58.0 Å². The Labute approximate surface area is 141 Å². The minimum absolute atomic E-state index is 0.181. The van der Waals surface area contributed by atoms with Crippen molar-refractivity contribution < 1.29 is 0 Å². The molecule has 0 radical (unpaired) electrons. The fourth-order valence-electron chi connectivity index (χ4n) is 2.69. The highest BCUT2D eigenvalue weighted by atomic mass is 79.9. The monoisotopic (exact) mass is 373 g/mol. The van der Waals surface area contributed by atoms with Gasteiger partial charge in [-0.3, -0.25) is 4.90 Å². The van der Waals surface area contributed by atoms with Gasteiger partial charge in [-0.1, -0.05) is 33.6 Å². The summed E-state index contributed by atoms with van der Waals surface area (Å²) in [6, 6.07) is 5.96. The molecule has 1 aliphatic rings. The molecule has 1 aliphatic heterocycles. The van der Waals surface area contributed by atoms with E-state index >= 15 is 0 Å². The molecule has 21 heavy (non-hydrogen) atoms. The Morgan fingerprint density at radius 3 is 2.52 bits per heavy atom. The van der Waals surface area contributed by atoms with Gasteiger partial charge in [0.05, 0.1) is 0 Å². The maximum absolute atomic E-state index is 5.98. The van der Waals surface area contributed by atoms with Crippen molar-refractivity contribution in [1.29, 1.82) is 0 Å². The minimum Gasteiger partial charge on any atom is -0.311 e. The van der Waals surface area contributed by atoms with Gasteiger partial charge in [0.25, 0.3) is 0 Å². The van der Waals surface area contributed by atoms with Crippen molar-refractivity contribution in [3.05, 3.63) is 33.3 Å². The highest BCUT2D eigenvalue weighted by molar-refractivity contribution is 9.10. The maximum Gasteiger partial charge on any atom is 0.0417 e. The molecule has 1 saturated heterocycles. The summed E-state index contributed by atoms with van der Waals surface area (Å²) in [6.07, 6.45) is 0. The van der Waals surface area contributed by atoms with Crippen LogP contribution in [0.2, 0.25) is 5.02 Å². The number of hydrogen-bond donors (Lipinski definition) is 1. The standard InChI is InChI=1S/C16H25BrClN3/c1-16(2,21-8-6-20(3)7-9-21)12-19-11-13-4-5-14(18)10-15(13)17/h4-5,10,19H,6-9,11-12H2,1-3H3. The maximum atomic E-state index is 5.98. The van der Waals surface area contributed by atoms with Gasteiger partial charge >= 0.3 is 0 Å². The Kier molecular flexibility index (Phi) is 6.09. The first-order chi connectivity index (χ1) is 9.88. The van der Waals surface area contributed by atoms with Crippen LogP contribution >= 0.6 is 27.5 Å². The zero-order valence-corrected chi connectivity index (χ0v) is 15.5. The Morgan fingerprint density at radius 2 is 1.90 bits per heavy atom. The largest absolute Gasteiger partial charge is 0.311 e. The van der Waals surface area contributed by atoms with E-state index in [9.17, 15) is 0 Å². The molecule has 3 nitrogen and oxygen atoms in total. The van der Waals surface area contributed by atoms with Crippen molar-refractivity contribution in [3.8, 4) is 0 Å². The number of nitrogens with one attached hydrogen (secondary N) is 1. The molecule has 0 saturated carbocycles. The van der Waals surface area contributed by atoms with Crippen LogP contribution < -0.4 is 5.32 Å². The predicted octanol–water partition coefficient (Wildman–Crippen LogP) is 3.22. The van der Waals surface area contributed by atoms with Gasteiger partial charge < -0.3 is 10.2 Å². The molecule has 118 valence electrons. The molecule has 1 aromatic carbocycles. The van der Waals surface area contributed by atoms with Crippen LogP contribution in [0.5, 0.6) is 0 Å². The summed E-state index contributed by atoms with van der Waals surface area (Å²) < 4.78 is 1.07. The number of nitrogens with zero attached hydrogens (tertiary/aromatic N) is 2. The van der Waals surface area contributed by atoms with Crippen molar-refractivity contribution >= 4 is 27.5 Å². The molecule has 0 aromatic heterocycles. The molecule has 0 bridgehead atoms. The molecule has 0 amide bonds. The Balaban J connectivity index is 1.84. The number of piperazine rings is 1. The molecule has 0 aliphatic carbocycles. The van der Waals surface area contributed by atoms with Crippen LogP contribution in [0.1, 0.15) is 19.4 Å². The summed E-state index contributed by atoms with van der Waals surface area (Å²) in [4.78, 5) is 4.97. The van der Waals surface area contributed by atoms with E-state index in [-0.39, 0.29) is 5.54 Å². The summed E-state index contributed by atoms with van der Waals surface area (Å²) in [7, 11) is 2.20. The van der Waals surface area contributed by atoms with Crippen molar-refractivity contribution in [2.75, 3.05) is 39.8 Å². The van der Waals surface area contributed by atoms with Gasteiger partial charge in [0.15, 0.2) is 0 Å². The van der Waals surface area contributed by atoms with Crippen LogP contribution in [0.3, 0.4) is 0 Å². The third-order valence-corrected chi connectivity index (χ3v) is 5.22. The highest BCUT2D eigenvalue weighted by Crippen LogP contribution is 2.22. The Hall–Kier alpha value is -0.130. The lowest BCUT2D eigenvalue weighted by Gasteiger charge is -2.43. The first-order valence-corrected chi connectivity index (χ1v) is 8.64. The van der Waals surface area contributed by atoms with Crippen LogP contribution in [0.15, 0.2) is 22.7 Å². The predicted molar refractivity (Wildman–Crippen MR) is 94.0 cm³/mol. The Bertz CT molecular complexity index is 471. The molecule has 1 fully saturated rings. The lowest BCUT2D eigenvalue weighted by Crippen LogP contribution is -2.57. The highest BCUT2D eigenvalue weighted by Gasteiger charge is 2.28. The summed E-state index contributed by atoms with van der Waals surface area (Å²) in [5.74, 6) is 0. The summed E-state index contributed by atoms with van der Waals surface area (Å²) in [6.45, 7) is 11.1. The summed E-state index contributed by atoms with van der Waals surface area (Å²) >= 11 is 9.55. The molecule has 0 spiro atoms. The van der Waals surface area contributed by atoms with E-state index in [1.54, 1.807) is 0 Å². The molecular weight excluding hydrogens is 350 g/mol. The van der Waals surface area contributed by atoms with Gasteiger partial charge in [0.2, 0.25) is 0 Å². The second-order valence-corrected chi connectivity index (χ2v) is 7.73. The van der Waals surface area contributed by atoms with E-state index in [4.69, 9.17) is 11.6 Å². The van der Waals surface area contributed by atoms with Crippen LogP contribution in [-0.2, 0) is 6.54 Å². The molecule has 0 unspecified atom stereocenters. The minimum atomic E-state index is 0.181. The van der Waals surface area contributed by atoms with Gasteiger partial charge in [-0.15, -0.1) is 0 Å². The molecule has 2 rings (SSSR count). The van der Waals surface area contributed by atoms with Crippen molar-refractivity contribution in [3.63, 3.8) is 0 Å². The smallest absolute Gasteiger partial charge is 0.0417 e. The second kappa shape index (κ2) is 7.42. The first kappa shape index (κ1) is 17.2. The fourth-order valence-corrected chi connectivity index (χ4v) is 3.51. The molecule has 0 atom stereocenters. The van der Waals surface area contributed by atoms with Gasteiger partial charge in [-0.25, -0.2) is 0 Å². The van der Waals surface area contributed by atoms with E-state index in [1.165, 1.54) is 5.56 Å². The van der Waals surface area contributed by atoms with Gasteiger partial charge in [0, 0.05) is 54.3 Å². The number of hydrogen-bond acceptors (Lipinski definition) is 3. The normalized spacial score (nSPS) is 18.1. The third-order valence-electron chi connectivity index (χ3n) is 4.25. The Morgan fingerprint density at radius 1 is 1.24 bits per heavy atom. The lowest BCUT2D eigenvalue weighted by atomic mass is 10.0. The average molecular weight is 375 g/mol. The lowest BCUT2D eigenvalue weighted by molar-refractivity contribution is 0.0618. The summed E-state index contributed by atoms with van der Waals surface area (Å²) in [5, 5.41) is 4.35. The van der Waals surface area contributed by atoms with Crippen molar-refractivity contribution in [2.24, 2.45) is 0 Å². The number of rotatable bonds is 5. The van der Waals surface area contributed by atoms with Crippen LogP contribution in [0.4, 0.5) is 0 Å².